The minimum atomic E-state index is 0.156. The quantitative estimate of drug-likeness (QED) is 0.713. The standard InChI is InChI=1S/C7H13N3O/c1-5(2)3-4-6-9-7(8)11-10-6/h5H,3-4H2,1-2H3,(H2,8,9,10). The molecule has 0 aliphatic carbocycles. The van der Waals surface area contributed by atoms with Crippen molar-refractivity contribution >= 4 is 6.01 Å². The molecule has 0 saturated heterocycles. The number of anilines is 1. The molecular formula is C7H13N3O. The van der Waals surface area contributed by atoms with Crippen molar-refractivity contribution in [1.82, 2.24) is 10.1 Å². The Morgan fingerprint density at radius 3 is 2.73 bits per heavy atom. The van der Waals surface area contributed by atoms with Crippen molar-refractivity contribution in [1.29, 1.82) is 0 Å². The van der Waals surface area contributed by atoms with E-state index in [0.29, 0.717) is 11.7 Å². The molecule has 0 radical (unpaired) electrons. The highest BCUT2D eigenvalue weighted by Crippen LogP contribution is 2.06. The van der Waals surface area contributed by atoms with Gasteiger partial charge in [0.2, 0.25) is 0 Å². The molecule has 1 rings (SSSR count). The second-order valence-electron chi connectivity index (χ2n) is 2.98. The van der Waals surface area contributed by atoms with Gasteiger partial charge in [-0.1, -0.05) is 19.0 Å². The number of rotatable bonds is 3. The van der Waals surface area contributed by atoms with Gasteiger partial charge in [0.05, 0.1) is 0 Å². The highest BCUT2D eigenvalue weighted by atomic mass is 16.5. The van der Waals surface area contributed by atoms with E-state index in [0.717, 1.165) is 12.8 Å². The zero-order chi connectivity index (χ0) is 8.27. The molecule has 0 bridgehead atoms. The summed E-state index contributed by atoms with van der Waals surface area (Å²) < 4.78 is 4.61. The predicted octanol–water partition coefficient (Wildman–Crippen LogP) is 1.24. The van der Waals surface area contributed by atoms with E-state index in [1.165, 1.54) is 0 Å². The summed E-state index contributed by atoms with van der Waals surface area (Å²) in [5.41, 5.74) is 5.24. The third-order valence-electron chi connectivity index (χ3n) is 1.43. The third-order valence-corrected chi connectivity index (χ3v) is 1.43. The molecule has 62 valence electrons. The van der Waals surface area contributed by atoms with Crippen molar-refractivity contribution in [3.63, 3.8) is 0 Å². The summed E-state index contributed by atoms with van der Waals surface area (Å²) in [6.07, 6.45) is 1.91. The number of nitrogens with zero attached hydrogens (tertiary/aromatic N) is 2. The second-order valence-corrected chi connectivity index (χ2v) is 2.98. The van der Waals surface area contributed by atoms with Crippen LogP contribution in [0.3, 0.4) is 0 Å². The minimum absolute atomic E-state index is 0.156. The van der Waals surface area contributed by atoms with Gasteiger partial charge in [-0.05, 0) is 12.3 Å². The molecule has 1 aromatic rings. The molecule has 1 aromatic heterocycles. The van der Waals surface area contributed by atoms with E-state index in [1.54, 1.807) is 0 Å². The topological polar surface area (TPSA) is 64.9 Å². The summed E-state index contributed by atoms with van der Waals surface area (Å²) in [5, 5.41) is 3.68. The molecule has 11 heavy (non-hydrogen) atoms. The lowest BCUT2D eigenvalue weighted by Gasteiger charge is -1.98. The van der Waals surface area contributed by atoms with Gasteiger partial charge in [0.25, 0.3) is 0 Å². The zero-order valence-corrected chi connectivity index (χ0v) is 6.87. The highest BCUT2D eigenvalue weighted by Gasteiger charge is 2.02. The van der Waals surface area contributed by atoms with Gasteiger partial charge in [-0.3, -0.25) is 0 Å². The minimum Gasteiger partial charge on any atom is -0.351 e. The molecule has 4 heteroatoms. The monoisotopic (exact) mass is 155 g/mol. The summed E-state index contributed by atoms with van der Waals surface area (Å²) in [5.74, 6) is 1.37. The Labute approximate surface area is 65.8 Å². The Kier molecular flexibility index (Phi) is 2.46. The Morgan fingerprint density at radius 2 is 2.27 bits per heavy atom. The Hall–Kier alpha value is -1.06. The maximum Gasteiger partial charge on any atom is 0.318 e. The SMILES string of the molecule is CC(C)CCc1noc(N)n1. The lowest BCUT2D eigenvalue weighted by molar-refractivity contribution is 0.423. The van der Waals surface area contributed by atoms with E-state index in [-0.39, 0.29) is 6.01 Å². The van der Waals surface area contributed by atoms with Gasteiger partial charge in [-0.25, -0.2) is 0 Å². The lowest BCUT2D eigenvalue weighted by Crippen LogP contribution is -1.94. The molecular weight excluding hydrogens is 142 g/mol. The first-order valence-corrected chi connectivity index (χ1v) is 3.76. The van der Waals surface area contributed by atoms with Crippen LogP contribution >= 0.6 is 0 Å². The van der Waals surface area contributed by atoms with Crippen LogP contribution in [0.2, 0.25) is 0 Å². The summed E-state index contributed by atoms with van der Waals surface area (Å²) in [7, 11) is 0. The van der Waals surface area contributed by atoms with Crippen molar-refractivity contribution in [2.24, 2.45) is 5.92 Å². The van der Waals surface area contributed by atoms with E-state index in [4.69, 9.17) is 5.73 Å². The number of nitrogen functional groups attached to an aromatic ring is 1. The molecule has 1 heterocycles. The zero-order valence-electron chi connectivity index (χ0n) is 6.87. The van der Waals surface area contributed by atoms with Gasteiger partial charge in [0.1, 0.15) is 0 Å². The summed E-state index contributed by atoms with van der Waals surface area (Å²) >= 11 is 0. The first kappa shape index (κ1) is 8.04. The van der Waals surface area contributed by atoms with Crippen molar-refractivity contribution in [2.45, 2.75) is 26.7 Å². The number of hydrogen-bond acceptors (Lipinski definition) is 4. The number of nitrogens with two attached hydrogens (primary N) is 1. The largest absolute Gasteiger partial charge is 0.351 e. The third kappa shape index (κ3) is 2.57. The molecule has 0 spiro atoms. The molecule has 4 nitrogen and oxygen atoms in total. The van der Waals surface area contributed by atoms with Crippen LogP contribution in [0.1, 0.15) is 26.1 Å². The summed E-state index contributed by atoms with van der Waals surface area (Å²) in [6, 6.07) is 0.156. The fraction of sp³-hybridized carbons (Fsp3) is 0.714. The summed E-state index contributed by atoms with van der Waals surface area (Å²) in [4.78, 5) is 3.88. The maximum absolute atomic E-state index is 5.24. The predicted molar refractivity (Wildman–Crippen MR) is 41.9 cm³/mol. The lowest BCUT2D eigenvalue weighted by atomic mass is 10.1. The van der Waals surface area contributed by atoms with Crippen LogP contribution < -0.4 is 5.73 Å². The van der Waals surface area contributed by atoms with E-state index < -0.39 is 0 Å². The maximum atomic E-state index is 5.24. The van der Waals surface area contributed by atoms with Crippen molar-refractivity contribution in [3.8, 4) is 0 Å². The average Bonchev–Trinajstić information content (AvgIpc) is 2.31. The molecule has 0 atom stereocenters. The van der Waals surface area contributed by atoms with E-state index in [9.17, 15) is 0 Å². The van der Waals surface area contributed by atoms with Gasteiger partial charge in [0, 0.05) is 6.42 Å². The molecule has 0 fully saturated rings. The van der Waals surface area contributed by atoms with Crippen LogP contribution in [-0.2, 0) is 6.42 Å². The van der Waals surface area contributed by atoms with Gasteiger partial charge in [-0.2, -0.15) is 4.98 Å². The molecule has 0 aromatic carbocycles. The smallest absolute Gasteiger partial charge is 0.318 e. The first-order valence-electron chi connectivity index (χ1n) is 3.76. The van der Waals surface area contributed by atoms with E-state index in [2.05, 4.69) is 28.5 Å². The Balaban J connectivity index is 2.39. The second kappa shape index (κ2) is 3.37. The van der Waals surface area contributed by atoms with Crippen LogP contribution in [0.25, 0.3) is 0 Å². The van der Waals surface area contributed by atoms with Crippen molar-refractivity contribution < 1.29 is 4.52 Å². The fourth-order valence-corrected chi connectivity index (χ4v) is 0.787. The van der Waals surface area contributed by atoms with Crippen LogP contribution in [0.15, 0.2) is 4.52 Å². The van der Waals surface area contributed by atoms with Crippen LogP contribution in [0, 0.1) is 5.92 Å². The van der Waals surface area contributed by atoms with E-state index >= 15 is 0 Å². The summed E-state index contributed by atoms with van der Waals surface area (Å²) in [6.45, 7) is 4.31. The molecule has 0 saturated carbocycles. The van der Waals surface area contributed by atoms with E-state index in [1.807, 2.05) is 0 Å². The number of hydrogen-bond donors (Lipinski definition) is 1. The van der Waals surface area contributed by atoms with Gasteiger partial charge >= 0.3 is 6.01 Å². The normalized spacial score (nSPS) is 10.8. The molecule has 0 aliphatic heterocycles. The average molecular weight is 155 g/mol. The highest BCUT2D eigenvalue weighted by molar-refractivity contribution is 5.06. The molecule has 2 N–H and O–H groups in total. The van der Waals surface area contributed by atoms with Gasteiger partial charge < -0.3 is 10.3 Å². The van der Waals surface area contributed by atoms with Crippen LogP contribution in [0.5, 0.6) is 0 Å². The molecule has 0 amide bonds. The Bertz CT molecular complexity index is 219. The number of aromatic nitrogens is 2. The molecule has 0 unspecified atom stereocenters. The van der Waals surface area contributed by atoms with Crippen molar-refractivity contribution in [3.05, 3.63) is 5.82 Å². The van der Waals surface area contributed by atoms with Crippen LogP contribution in [0.4, 0.5) is 6.01 Å². The first-order chi connectivity index (χ1) is 5.18. The van der Waals surface area contributed by atoms with Crippen LogP contribution in [-0.4, -0.2) is 10.1 Å². The fourth-order valence-electron chi connectivity index (χ4n) is 0.787. The number of aryl methyl sites for hydroxylation is 1. The van der Waals surface area contributed by atoms with Gasteiger partial charge in [0.15, 0.2) is 5.82 Å². The molecule has 0 aliphatic rings. The van der Waals surface area contributed by atoms with Crippen molar-refractivity contribution in [2.75, 3.05) is 5.73 Å². The Morgan fingerprint density at radius 1 is 1.55 bits per heavy atom. The van der Waals surface area contributed by atoms with Gasteiger partial charge in [-0.15, -0.1) is 0 Å².